The summed E-state index contributed by atoms with van der Waals surface area (Å²) >= 11 is 1.69. The molecule has 4 aromatic rings. The van der Waals surface area contributed by atoms with E-state index in [1.807, 2.05) is 30.3 Å². The third-order valence-corrected chi connectivity index (χ3v) is 5.45. The molecule has 0 aliphatic carbocycles. The van der Waals surface area contributed by atoms with E-state index < -0.39 is 0 Å². The van der Waals surface area contributed by atoms with E-state index in [0.717, 1.165) is 33.7 Å². The molecule has 1 heterocycles. The fourth-order valence-corrected chi connectivity index (χ4v) is 3.92. The van der Waals surface area contributed by atoms with Crippen molar-refractivity contribution in [2.75, 3.05) is 7.11 Å². The molecule has 0 saturated heterocycles. The summed E-state index contributed by atoms with van der Waals surface area (Å²) < 4.78 is 7.41. The second-order valence-electron chi connectivity index (χ2n) is 6.48. The molecule has 0 radical (unpaired) electrons. The molecule has 3 aromatic carbocycles. The highest BCUT2D eigenvalue weighted by molar-refractivity contribution is 7.98. The molecule has 0 bridgehead atoms. The Morgan fingerprint density at radius 2 is 1.68 bits per heavy atom. The van der Waals surface area contributed by atoms with E-state index in [1.165, 1.54) is 11.1 Å². The number of methoxy groups -OCH3 is 1. The van der Waals surface area contributed by atoms with E-state index in [0.29, 0.717) is 0 Å². The van der Waals surface area contributed by atoms with E-state index in [4.69, 9.17) is 4.74 Å². The van der Waals surface area contributed by atoms with Gasteiger partial charge >= 0.3 is 0 Å². The summed E-state index contributed by atoms with van der Waals surface area (Å²) in [5.41, 5.74) is 4.52. The van der Waals surface area contributed by atoms with Crippen LogP contribution in [-0.4, -0.2) is 21.9 Å². The maximum Gasteiger partial charge on any atom is 0.196 e. The first-order valence-electron chi connectivity index (χ1n) is 9.08. The van der Waals surface area contributed by atoms with Gasteiger partial charge in [-0.15, -0.1) is 10.2 Å². The molecule has 140 valence electrons. The van der Waals surface area contributed by atoms with Gasteiger partial charge in [-0.05, 0) is 54.4 Å². The first-order chi connectivity index (χ1) is 13.7. The highest BCUT2D eigenvalue weighted by Gasteiger charge is 2.16. The van der Waals surface area contributed by atoms with Gasteiger partial charge in [0, 0.05) is 17.0 Å². The fourth-order valence-electron chi connectivity index (χ4n) is 3.01. The average Bonchev–Trinajstić information content (AvgIpc) is 3.17. The Labute approximate surface area is 169 Å². The summed E-state index contributed by atoms with van der Waals surface area (Å²) in [6.07, 6.45) is 0. The number of aromatic nitrogens is 3. The Morgan fingerprint density at radius 1 is 0.893 bits per heavy atom. The third kappa shape index (κ3) is 3.94. The molecule has 0 amide bonds. The van der Waals surface area contributed by atoms with Gasteiger partial charge in [-0.2, -0.15) is 0 Å². The largest absolute Gasteiger partial charge is 0.497 e. The summed E-state index contributed by atoms with van der Waals surface area (Å²) in [5.74, 6) is 2.49. The monoisotopic (exact) mass is 387 g/mol. The summed E-state index contributed by atoms with van der Waals surface area (Å²) in [6.45, 7) is 2.09. The number of hydrogen-bond donors (Lipinski definition) is 0. The molecule has 0 N–H and O–H groups in total. The quantitative estimate of drug-likeness (QED) is 0.407. The summed E-state index contributed by atoms with van der Waals surface area (Å²) in [6, 6.07) is 26.7. The van der Waals surface area contributed by atoms with Gasteiger partial charge in [0.05, 0.1) is 7.11 Å². The van der Waals surface area contributed by atoms with Crippen molar-refractivity contribution in [1.29, 1.82) is 0 Å². The van der Waals surface area contributed by atoms with Gasteiger partial charge in [0.25, 0.3) is 0 Å². The van der Waals surface area contributed by atoms with Gasteiger partial charge in [0.1, 0.15) is 5.75 Å². The lowest BCUT2D eigenvalue weighted by atomic mass is 10.2. The van der Waals surface area contributed by atoms with Crippen molar-refractivity contribution >= 4 is 11.8 Å². The number of nitrogens with zero attached hydrogens (tertiary/aromatic N) is 3. The Kier molecular flexibility index (Phi) is 5.44. The molecule has 0 atom stereocenters. The van der Waals surface area contributed by atoms with Crippen molar-refractivity contribution in [2.45, 2.75) is 17.8 Å². The van der Waals surface area contributed by atoms with Crippen LogP contribution in [0.1, 0.15) is 11.1 Å². The molecule has 0 saturated carbocycles. The van der Waals surface area contributed by atoms with Gasteiger partial charge in [-0.3, -0.25) is 4.57 Å². The standard InChI is InChI=1S/C23H21N3OS/c1-17-7-6-10-20(15-17)26-22(19-11-13-21(27-2)14-12-19)24-25-23(26)28-16-18-8-4-3-5-9-18/h3-15H,16H2,1-2H3. The number of benzene rings is 3. The second-order valence-corrected chi connectivity index (χ2v) is 7.43. The SMILES string of the molecule is COc1ccc(-c2nnc(SCc3ccccc3)n2-c2cccc(C)c2)cc1. The molecular formula is C23H21N3OS. The van der Waals surface area contributed by atoms with Crippen LogP contribution in [0.3, 0.4) is 0 Å². The van der Waals surface area contributed by atoms with Crippen molar-refractivity contribution in [3.05, 3.63) is 90.0 Å². The Bertz CT molecular complexity index is 1060. The predicted octanol–water partition coefficient (Wildman–Crippen LogP) is 5.54. The molecule has 5 heteroatoms. The average molecular weight is 388 g/mol. The summed E-state index contributed by atoms with van der Waals surface area (Å²) in [4.78, 5) is 0. The number of thioether (sulfide) groups is 1. The highest BCUT2D eigenvalue weighted by Crippen LogP contribution is 2.30. The zero-order valence-electron chi connectivity index (χ0n) is 15.9. The van der Waals surface area contributed by atoms with Crippen molar-refractivity contribution in [3.63, 3.8) is 0 Å². The van der Waals surface area contributed by atoms with Gasteiger partial charge in [0.15, 0.2) is 11.0 Å². The molecule has 0 fully saturated rings. The molecule has 28 heavy (non-hydrogen) atoms. The topological polar surface area (TPSA) is 39.9 Å². The first-order valence-corrected chi connectivity index (χ1v) is 10.1. The number of ether oxygens (including phenoxy) is 1. The van der Waals surface area contributed by atoms with Crippen molar-refractivity contribution in [3.8, 4) is 22.8 Å². The molecule has 1 aromatic heterocycles. The van der Waals surface area contributed by atoms with Crippen molar-refractivity contribution in [2.24, 2.45) is 0 Å². The van der Waals surface area contributed by atoms with Gasteiger partial charge in [-0.25, -0.2) is 0 Å². The van der Waals surface area contributed by atoms with Gasteiger partial charge in [0.2, 0.25) is 0 Å². The first kappa shape index (κ1) is 18.3. The van der Waals surface area contributed by atoms with Crippen LogP contribution in [-0.2, 0) is 5.75 Å². The Hall–Kier alpha value is -3.05. The normalized spacial score (nSPS) is 10.8. The van der Waals surface area contributed by atoms with Crippen LogP contribution in [0.5, 0.6) is 5.75 Å². The summed E-state index contributed by atoms with van der Waals surface area (Å²) in [5, 5.41) is 9.89. The highest BCUT2D eigenvalue weighted by atomic mass is 32.2. The van der Waals surface area contributed by atoms with E-state index in [9.17, 15) is 0 Å². The summed E-state index contributed by atoms with van der Waals surface area (Å²) in [7, 11) is 1.67. The lowest BCUT2D eigenvalue weighted by Gasteiger charge is -2.11. The van der Waals surface area contributed by atoms with Crippen molar-refractivity contribution < 1.29 is 4.74 Å². The van der Waals surface area contributed by atoms with Crippen LogP contribution in [0.25, 0.3) is 17.1 Å². The lowest BCUT2D eigenvalue weighted by molar-refractivity contribution is 0.415. The zero-order valence-corrected chi connectivity index (χ0v) is 16.7. The number of aryl methyl sites for hydroxylation is 1. The third-order valence-electron chi connectivity index (χ3n) is 4.45. The van der Waals surface area contributed by atoms with E-state index in [1.54, 1.807) is 18.9 Å². The molecule has 0 unspecified atom stereocenters. The Balaban J connectivity index is 1.74. The van der Waals surface area contributed by atoms with Crippen molar-refractivity contribution in [1.82, 2.24) is 14.8 Å². The Morgan fingerprint density at radius 3 is 2.39 bits per heavy atom. The lowest BCUT2D eigenvalue weighted by Crippen LogP contribution is -2.00. The molecule has 0 aliphatic heterocycles. The van der Waals surface area contributed by atoms with Crippen LogP contribution in [0, 0.1) is 6.92 Å². The zero-order chi connectivity index (χ0) is 19.3. The molecule has 4 rings (SSSR count). The van der Waals surface area contributed by atoms with E-state index >= 15 is 0 Å². The van der Waals surface area contributed by atoms with Crippen LogP contribution in [0.4, 0.5) is 0 Å². The minimum absolute atomic E-state index is 0.823. The smallest absolute Gasteiger partial charge is 0.196 e. The maximum absolute atomic E-state index is 5.28. The minimum Gasteiger partial charge on any atom is -0.497 e. The predicted molar refractivity (Wildman–Crippen MR) is 114 cm³/mol. The van der Waals surface area contributed by atoms with E-state index in [2.05, 4.69) is 70.2 Å². The maximum atomic E-state index is 5.28. The van der Waals surface area contributed by atoms with Crippen LogP contribution in [0.2, 0.25) is 0 Å². The molecule has 0 spiro atoms. The van der Waals surface area contributed by atoms with Crippen LogP contribution >= 0.6 is 11.8 Å². The molecule has 0 aliphatic rings. The number of hydrogen-bond acceptors (Lipinski definition) is 4. The van der Waals surface area contributed by atoms with E-state index in [-0.39, 0.29) is 0 Å². The molecular weight excluding hydrogens is 366 g/mol. The van der Waals surface area contributed by atoms with Gasteiger partial charge in [-0.1, -0.05) is 54.2 Å². The van der Waals surface area contributed by atoms with Gasteiger partial charge < -0.3 is 4.74 Å². The fraction of sp³-hybridized carbons (Fsp3) is 0.130. The number of rotatable bonds is 6. The second kappa shape index (κ2) is 8.31. The van der Waals surface area contributed by atoms with Crippen LogP contribution < -0.4 is 4.74 Å². The van der Waals surface area contributed by atoms with Crippen LogP contribution in [0.15, 0.2) is 84.0 Å². The molecule has 4 nitrogen and oxygen atoms in total. The minimum atomic E-state index is 0.823.